The third-order valence-corrected chi connectivity index (χ3v) is 4.13. The maximum Gasteiger partial charge on any atom is 0.343 e. The van der Waals surface area contributed by atoms with Crippen molar-refractivity contribution in [2.45, 2.75) is 45.2 Å². The summed E-state index contributed by atoms with van der Waals surface area (Å²) < 4.78 is 0. The monoisotopic (exact) mass is 292 g/mol. The van der Waals surface area contributed by atoms with E-state index < -0.39 is 10.9 Å². The number of nitro groups is 1. The second kappa shape index (κ2) is 6.67. The van der Waals surface area contributed by atoms with Crippen molar-refractivity contribution in [3.8, 4) is 0 Å². The average Bonchev–Trinajstić information content (AvgIpc) is 2.47. The van der Waals surface area contributed by atoms with Gasteiger partial charge in [-0.3, -0.25) is 15.0 Å². The first kappa shape index (κ1) is 15.4. The highest BCUT2D eigenvalue weighted by molar-refractivity contribution is 5.94. The highest BCUT2D eigenvalue weighted by Crippen LogP contribution is 2.27. The van der Waals surface area contributed by atoms with Gasteiger partial charge in [-0.1, -0.05) is 25.5 Å². The number of nitrogens with zero attached hydrogens (tertiary/aromatic N) is 2. The number of piperidine rings is 1. The van der Waals surface area contributed by atoms with Gasteiger partial charge in [-0.05, 0) is 31.4 Å². The van der Waals surface area contributed by atoms with Gasteiger partial charge in [0.15, 0.2) is 0 Å². The molecular weight excluding hydrogens is 272 g/mol. The number of hydrogen-bond acceptors (Lipinski definition) is 4. The highest BCUT2D eigenvalue weighted by atomic mass is 16.6. The van der Waals surface area contributed by atoms with Crippen LogP contribution in [0.3, 0.4) is 0 Å². The molecule has 0 spiro atoms. The Hall–Kier alpha value is -1.95. The van der Waals surface area contributed by atoms with Gasteiger partial charge in [0.25, 0.3) is 5.69 Å². The Morgan fingerprint density at radius 1 is 1.48 bits per heavy atom. The van der Waals surface area contributed by atoms with E-state index in [2.05, 4.69) is 11.8 Å². The van der Waals surface area contributed by atoms with E-state index >= 15 is 0 Å². The van der Waals surface area contributed by atoms with Crippen LogP contribution in [0.5, 0.6) is 0 Å². The Morgan fingerprint density at radius 2 is 2.24 bits per heavy atom. The molecule has 1 unspecified atom stereocenters. The van der Waals surface area contributed by atoms with Crippen LogP contribution in [-0.2, 0) is 6.54 Å². The molecule has 1 aliphatic rings. The van der Waals surface area contributed by atoms with Gasteiger partial charge in [0.1, 0.15) is 5.56 Å². The molecule has 0 radical (unpaired) electrons. The molecule has 0 saturated carbocycles. The summed E-state index contributed by atoms with van der Waals surface area (Å²) in [6.45, 7) is 3.50. The Balaban J connectivity index is 2.32. The first-order chi connectivity index (χ1) is 10.0. The zero-order valence-corrected chi connectivity index (χ0v) is 12.1. The largest absolute Gasteiger partial charge is 0.477 e. The number of rotatable bonds is 5. The number of nitro benzene ring substituents is 1. The molecular formula is C15H20N2O4. The van der Waals surface area contributed by atoms with Crippen LogP contribution in [0.2, 0.25) is 0 Å². The summed E-state index contributed by atoms with van der Waals surface area (Å²) >= 11 is 0. The zero-order chi connectivity index (χ0) is 15.4. The van der Waals surface area contributed by atoms with Crippen LogP contribution in [0.25, 0.3) is 0 Å². The molecule has 0 bridgehead atoms. The third-order valence-electron chi connectivity index (χ3n) is 4.13. The van der Waals surface area contributed by atoms with Crippen LogP contribution in [0, 0.1) is 10.1 Å². The molecule has 1 atom stereocenters. The van der Waals surface area contributed by atoms with Crippen LogP contribution in [-0.4, -0.2) is 33.5 Å². The summed E-state index contributed by atoms with van der Waals surface area (Å²) in [5.74, 6) is -1.23. The number of benzene rings is 1. The fourth-order valence-electron chi connectivity index (χ4n) is 3.07. The molecule has 1 saturated heterocycles. The minimum absolute atomic E-state index is 0.178. The van der Waals surface area contributed by atoms with E-state index in [9.17, 15) is 20.0 Å². The number of carboxylic acid groups (broad SMARTS) is 1. The van der Waals surface area contributed by atoms with Crippen molar-refractivity contribution in [1.82, 2.24) is 4.90 Å². The van der Waals surface area contributed by atoms with Crippen LogP contribution in [0.15, 0.2) is 18.2 Å². The van der Waals surface area contributed by atoms with Gasteiger partial charge in [-0.15, -0.1) is 0 Å². The number of carboxylic acids is 1. The van der Waals surface area contributed by atoms with Crippen molar-refractivity contribution >= 4 is 11.7 Å². The molecule has 21 heavy (non-hydrogen) atoms. The minimum Gasteiger partial charge on any atom is -0.477 e. The Bertz CT molecular complexity index is 544. The molecule has 0 aromatic heterocycles. The van der Waals surface area contributed by atoms with E-state index in [1.165, 1.54) is 12.5 Å². The van der Waals surface area contributed by atoms with E-state index in [-0.39, 0.29) is 11.3 Å². The molecule has 1 aliphatic heterocycles. The first-order valence-electron chi connectivity index (χ1n) is 7.28. The highest BCUT2D eigenvalue weighted by Gasteiger charge is 2.27. The lowest BCUT2D eigenvalue weighted by Crippen LogP contribution is -2.38. The van der Waals surface area contributed by atoms with Crippen molar-refractivity contribution in [2.75, 3.05) is 6.54 Å². The molecule has 1 aromatic carbocycles. The quantitative estimate of drug-likeness (QED) is 0.666. The molecule has 0 aliphatic carbocycles. The maximum atomic E-state index is 11.4. The van der Waals surface area contributed by atoms with Crippen LogP contribution in [0.1, 0.15) is 48.5 Å². The summed E-state index contributed by atoms with van der Waals surface area (Å²) in [6, 6.07) is 4.92. The Labute approximate surface area is 123 Å². The normalized spacial score (nSPS) is 19.4. The summed E-state index contributed by atoms with van der Waals surface area (Å²) in [6.07, 6.45) is 4.40. The van der Waals surface area contributed by atoms with Crippen molar-refractivity contribution in [3.05, 3.63) is 39.4 Å². The van der Waals surface area contributed by atoms with Crippen LogP contribution in [0.4, 0.5) is 5.69 Å². The first-order valence-corrected chi connectivity index (χ1v) is 7.28. The standard InChI is InChI=1S/C15H20N2O4/c1-2-12-7-3-4-9-16(12)10-11-6-5-8-13(17(20)21)14(11)15(18)19/h5-6,8,12H,2-4,7,9-10H2,1H3,(H,18,19). The zero-order valence-electron chi connectivity index (χ0n) is 12.1. The molecule has 1 N–H and O–H groups in total. The Morgan fingerprint density at radius 3 is 2.86 bits per heavy atom. The third kappa shape index (κ3) is 3.39. The topological polar surface area (TPSA) is 83.7 Å². The van der Waals surface area contributed by atoms with Gasteiger partial charge in [-0.2, -0.15) is 0 Å². The molecule has 1 aromatic rings. The van der Waals surface area contributed by atoms with Gasteiger partial charge in [0.2, 0.25) is 0 Å². The van der Waals surface area contributed by atoms with E-state index in [1.807, 2.05) is 0 Å². The van der Waals surface area contributed by atoms with Gasteiger partial charge in [0.05, 0.1) is 4.92 Å². The average molecular weight is 292 g/mol. The Kier molecular flexibility index (Phi) is 4.90. The van der Waals surface area contributed by atoms with Crippen molar-refractivity contribution in [3.63, 3.8) is 0 Å². The lowest BCUT2D eigenvalue weighted by molar-refractivity contribution is -0.385. The van der Waals surface area contributed by atoms with Crippen LogP contribution < -0.4 is 0 Å². The smallest absolute Gasteiger partial charge is 0.343 e. The van der Waals surface area contributed by atoms with E-state index in [0.717, 1.165) is 25.8 Å². The van der Waals surface area contributed by atoms with E-state index in [0.29, 0.717) is 18.2 Å². The van der Waals surface area contributed by atoms with E-state index in [4.69, 9.17) is 0 Å². The van der Waals surface area contributed by atoms with E-state index in [1.54, 1.807) is 12.1 Å². The predicted molar refractivity (Wildman–Crippen MR) is 78.4 cm³/mol. The van der Waals surface area contributed by atoms with Gasteiger partial charge < -0.3 is 5.11 Å². The fraction of sp³-hybridized carbons (Fsp3) is 0.533. The molecule has 6 nitrogen and oxygen atoms in total. The number of likely N-dealkylation sites (tertiary alicyclic amines) is 1. The summed E-state index contributed by atoms with van der Waals surface area (Å²) in [5, 5.41) is 20.3. The SMILES string of the molecule is CCC1CCCCN1Cc1cccc([N+](=O)[O-])c1C(=O)O. The second-order valence-corrected chi connectivity index (χ2v) is 5.40. The number of aromatic carboxylic acids is 1. The molecule has 6 heteroatoms. The van der Waals surface area contributed by atoms with Gasteiger partial charge in [0, 0.05) is 18.7 Å². The summed E-state index contributed by atoms with van der Waals surface area (Å²) in [5.41, 5.74) is 0.0186. The van der Waals surface area contributed by atoms with Crippen molar-refractivity contribution < 1.29 is 14.8 Å². The second-order valence-electron chi connectivity index (χ2n) is 5.40. The fourth-order valence-corrected chi connectivity index (χ4v) is 3.07. The minimum atomic E-state index is -1.23. The predicted octanol–water partition coefficient (Wildman–Crippen LogP) is 3.06. The van der Waals surface area contributed by atoms with Crippen LogP contribution >= 0.6 is 0 Å². The van der Waals surface area contributed by atoms with Gasteiger partial charge >= 0.3 is 5.97 Å². The lowest BCUT2D eigenvalue weighted by Gasteiger charge is -2.35. The molecule has 0 amide bonds. The van der Waals surface area contributed by atoms with Crippen molar-refractivity contribution in [2.24, 2.45) is 0 Å². The maximum absolute atomic E-state index is 11.4. The van der Waals surface area contributed by atoms with Gasteiger partial charge in [-0.25, -0.2) is 4.79 Å². The molecule has 114 valence electrons. The summed E-state index contributed by atoms with van der Waals surface area (Å²) in [4.78, 5) is 24.1. The molecule has 2 rings (SSSR count). The molecule has 1 fully saturated rings. The molecule has 1 heterocycles. The summed E-state index contributed by atoms with van der Waals surface area (Å²) in [7, 11) is 0. The van der Waals surface area contributed by atoms with Crippen molar-refractivity contribution in [1.29, 1.82) is 0 Å². The lowest BCUT2D eigenvalue weighted by atomic mass is 9.97. The number of carbonyl (C=O) groups is 1. The number of hydrogen-bond donors (Lipinski definition) is 1.